The molecule has 0 saturated carbocycles. The van der Waals surface area contributed by atoms with Crippen molar-refractivity contribution < 1.29 is 17.2 Å². The van der Waals surface area contributed by atoms with Gasteiger partial charge in [0.1, 0.15) is 0 Å². The van der Waals surface area contributed by atoms with Gasteiger partial charge < -0.3 is 0 Å². The summed E-state index contributed by atoms with van der Waals surface area (Å²) in [5.41, 5.74) is 0. The first kappa shape index (κ1) is 17.9. The Morgan fingerprint density at radius 3 is 2.00 bits per heavy atom. The van der Waals surface area contributed by atoms with Crippen molar-refractivity contribution in [1.29, 1.82) is 0 Å². The van der Waals surface area contributed by atoms with Crippen LogP contribution in [0.15, 0.2) is 0 Å². The van der Waals surface area contributed by atoms with Gasteiger partial charge in [-0.3, -0.25) is 4.55 Å². The van der Waals surface area contributed by atoms with Crippen LogP contribution >= 0.6 is 0 Å². The third-order valence-corrected chi connectivity index (χ3v) is 3.49. The first-order chi connectivity index (χ1) is 8.45. The molecule has 0 aromatic carbocycles. The minimum Gasteiger partial charge on any atom is -0.264 e. The summed E-state index contributed by atoms with van der Waals surface area (Å²) < 4.78 is 33.5. The van der Waals surface area contributed by atoms with Crippen LogP contribution in [-0.4, -0.2) is 19.6 Å². The summed E-state index contributed by atoms with van der Waals surface area (Å²) in [4.78, 5) is 0. The van der Waals surface area contributed by atoms with Gasteiger partial charge in [-0.05, 0) is 12.3 Å². The van der Waals surface area contributed by atoms with Crippen LogP contribution in [-0.2, 0) is 14.6 Å². The van der Waals surface area contributed by atoms with Crippen LogP contribution in [0.3, 0.4) is 0 Å². The molecule has 0 fully saturated rings. The third kappa shape index (κ3) is 13.9. The van der Waals surface area contributed by atoms with Gasteiger partial charge in [-0.2, -0.15) is 8.42 Å². The quantitative estimate of drug-likeness (QED) is 0.434. The van der Waals surface area contributed by atoms with Crippen molar-refractivity contribution in [1.82, 2.24) is 0 Å². The highest BCUT2D eigenvalue weighted by atomic mass is 32.3. The summed E-state index contributed by atoms with van der Waals surface area (Å²) in [6.07, 6.45) is 11.1. The fraction of sp³-hybridized carbons (Fsp3) is 1.00. The van der Waals surface area contributed by atoms with Crippen LogP contribution in [0.1, 0.15) is 71.6 Å². The zero-order valence-electron chi connectivity index (χ0n) is 11.7. The summed E-state index contributed by atoms with van der Waals surface area (Å²) in [6, 6.07) is 0. The predicted molar refractivity (Wildman–Crippen MR) is 73.9 cm³/mol. The first-order valence-corrected chi connectivity index (χ1v) is 8.44. The van der Waals surface area contributed by atoms with Crippen molar-refractivity contribution in [2.24, 2.45) is 5.92 Å². The highest BCUT2D eigenvalue weighted by Gasteiger charge is 2.08. The largest absolute Gasteiger partial charge is 0.397 e. The SMILES string of the molecule is CCCCCCCCCC[C@H](C)COS(=O)(=O)O. The van der Waals surface area contributed by atoms with Crippen molar-refractivity contribution in [3.05, 3.63) is 0 Å². The molecule has 0 aromatic rings. The lowest BCUT2D eigenvalue weighted by Crippen LogP contribution is -2.11. The normalized spacial score (nSPS) is 13.7. The van der Waals surface area contributed by atoms with Gasteiger partial charge in [-0.15, -0.1) is 0 Å². The Labute approximate surface area is 112 Å². The van der Waals surface area contributed by atoms with Crippen LogP contribution < -0.4 is 0 Å². The van der Waals surface area contributed by atoms with Gasteiger partial charge in [-0.25, -0.2) is 4.18 Å². The summed E-state index contributed by atoms with van der Waals surface area (Å²) >= 11 is 0. The number of hydrogen-bond acceptors (Lipinski definition) is 3. The number of rotatable bonds is 12. The maximum atomic E-state index is 10.4. The summed E-state index contributed by atoms with van der Waals surface area (Å²) in [7, 11) is -4.27. The first-order valence-electron chi connectivity index (χ1n) is 7.07. The van der Waals surface area contributed by atoms with Gasteiger partial charge in [0.2, 0.25) is 0 Å². The van der Waals surface area contributed by atoms with E-state index in [1.165, 1.54) is 44.9 Å². The standard InChI is InChI=1S/C13H28O4S/c1-3-4-5-6-7-8-9-10-11-13(2)12-17-18(14,15)16/h13H,3-12H2,1-2H3,(H,14,15,16)/t13-/m0/s1. The molecule has 0 saturated heterocycles. The minimum atomic E-state index is -4.27. The Kier molecular flexibility index (Phi) is 10.7. The third-order valence-electron chi connectivity index (χ3n) is 3.05. The minimum absolute atomic E-state index is 0.0787. The Bertz CT molecular complexity index is 275. The molecule has 0 aromatic heterocycles. The van der Waals surface area contributed by atoms with Crippen molar-refractivity contribution in [3.8, 4) is 0 Å². The van der Waals surface area contributed by atoms with E-state index in [1.54, 1.807) is 0 Å². The van der Waals surface area contributed by atoms with E-state index < -0.39 is 10.4 Å². The van der Waals surface area contributed by atoms with Gasteiger partial charge in [0.25, 0.3) is 0 Å². The highest BCUT2D eigenvalue weighted by Crippen LogP contribution is 2.13. The van der Waals surface area contributed by atoms with Gasteiger partial charge in [0.15, 0.2) is 0 Å². The average Bonchev–Trinajstić information content (AvgIpc) is 2.29. The molecule has 5 heteroatoms. The molecule has 4 nitrogen and oxygen atoms in total. The van der Waals surface area contributed by atoms with E-state index in [-0.39, 0.29) is 12.5 Å². The van der Waals surface area contributed by atoms with Crippen LogP contribution in [0, 0.1) is 5.92 Å². The second-order valence-electron chi connectivity index (χ2n) is 5.08. The smallest absolute Gasteiger partial charge is 0.264 e. The van der Waals surface area contributed by atoms with Crippen molar-refractivity contribution in [2.75, 3.05) is 6.61 Å². The summed E-state index contributed by atoms with van der Waals surface area (Å²) in [5.74, 6) is 0.173. The van der Waals surface area contributed by atoms with Crippen LogP contribution in [0.5, 0.6) is 0 Å². The zero-order valence-corrected chi connectivity index (χ0v) is 12.5. The topological polar surface area (TPSA) is 63.6 Å². The molecule has 0 heterocycles. The van der Waals surface area contributed by atoms with E-state index >= 15 is 0 Å². The number of unbranched alkanes of at least 4 members (excludes halogenated alkanes) is 7. The Balaban J connectivity index is 3.28. The van der Waals surface area contributed by atoms with E-state index in [0.717, 1.165) is 12.8 Å². The van der Waals surface area contributed by atoms with Crippen molar-refractivity contribution in [2.45, 2.75) is 71.6 Å². The molecular formula is C13H28O4S. The van der Waals surface area contributed by atoms with E-state index in [4.69, 9.17) is 4.55 Å². The van der Waals surface area contributed by atoms with Gasteiger partial charge in [0.05, 0.1) is 6.61 Å². The average molecular weight is 280 g/mol. The molecular weight excluding hydrogens is 252 g/mol. The molecule has 0 aliphatic carbocycles. The Hall–Kier alpha value is -0.130. The lowest BCUT2D eigenvalue weighted by atomic mass is 10.0. The predicted octanol–water partition coefficient (Wildman–Crippen LogP) is 3.97. The Morgan fingerprint density at radius 2 is 1.50 bits per heavy atom. The van der Waals surface area contributed by atoms with Crippen LogP contribution in [0.25, 0.3) is 0 Å². The lowest BCUT2D eigenvalue weighted by Gasteiger charge is -2.09. The molecule has 0 rings (SSSR count). The lowest BCUT2D eigenvalue weighted by molar-refractivity contribution is 0.222. The summed E-state index contributed by atoms with van der Waals surface area (Å²) in [6.45, 7) is 4.23. The van der Waals surface area contributed by atoms with Gasteiger partial charge in [0, 0.05) is 0 Å². The molecule has 1 atom stereocenters. The molecule has 0 spiro atoms. The molecule has 1 N–H and O–H groups in total. The van der Waals surface area contributed by atoms with Gasteiger partial charge >= 0.3 is 10.4 Å². The maximum absolute atomic E-state index is 10.4. The van der Waals surface area contributed by atoms with E-state index in [2.05, 4.69) is 11.1 Å². The maximum Gasteiger partial charge on any atom is 0.397 e. The molecule has 0 radical (unpaired) electrons. The second-order valence-corrected chi connectivity index (χ2v) is 6.17. The fourth-order valence-corrected chi connectivity index (χ4v) is 2.32. The number of hydrogen-bond donors (Lipinski definition) is 1. The van der Waals surface area contributed by atoms with Crippen LogP contribution in [0.4, 0.5) is 0 Å². The second kappa shape index (κ2) is 10.8. The molecule has 0 amide bonds. The van der Waals surface area contributed by atoms with Crippen molar-refractivity contribution in [3.63, 3.8) is 0 Å². The Morgan fingerprint density at radius 1 is 1.00 bits per heavy atom. The molecule has 0 unspecified atom stereocenters. The summed E-state index contributed by atoms with van der Waals surface area (Å²) in [5, 5.41) is 0. The molecule has 18 heavy (non-hydrogen) atoms. The van der Waals surface area contributed by atoms with Crippen LogP contribution in [0.2, 0.25) is 0 Å². The zero-order chi connectivity index (χ0) is 13.9. The van der Waals surface area contributed by atoms with E-state index in [9.17, 15) is 8.42 Å². The molecule has 0 aliphatic rings. The van der Waals surface area contributed by atoms with Crippen molar-refractivity contribution >= 4 is 10.4 Å². The monoisotopic (exact) mass is 280 g/mol. The van der Waals surface area contributed by atoms with Gasteiger partial charge in [-0.1, -0.05) is 65.2 Å². The fourth-order valence-electron chi connectivity index (χ4n) is 1.91. The highest BCUT2D eigenvalue weighted by molar-refractivity contribution is 7.80. The molecule has 0 bridgehead atoms. The van der Waals surface area contributed by atoms with E-state index in [0.29, 0.717) is 0 Å². The molecule has 0 aliphatic heterocycles. The van der Waals surface area contributed by atoms with E-state index in [1.807, 2.05) is 6.92 Å². The molecule has 110 valence electrons.